The second-order valence-electron chi connectivity index (χ2n) is 4.29. The van der Waals surface area contributed by atoms with Crippen LogP contribution in [-0.4, -0.2) is 34.3 Å². The summed E-state index contributed by atoms with van der Waals surface area (Å²) >= 11 is 3.34. The van der Waals surface area contributed by atoms with Crippen molar-refractivity contribution in [3.63, 3.8) is 0 Å². The summed E-state index contributed by atoms with van der Waals surface area (Å²) in [6, 6.07) is -0.267. The van der Waals surface area contributed by atoms with Crippen LogP contribution in [0.2, 0.25) is 0 Å². The molecule has 5 heteroatoms. The highest BCUT2D eigenvalue weighted by Crippen LogP contribution is 2.21. The first-order valence-electron chi connectivity index (χ1n) is 5.14. The molecule has 1 rings (SSSR count). The van der Waals surface area contributed by atoms with E-state index in [1.165, 1.54) is 4.90 Å². The number of nitrogens with zero attached hydrogens (tertiary/aromatic N) is 1. The second-order valence-corrected chi connectivity index (χ2v) is 4.94. The molecule has 86 valence electrons. The van der Waals surface area contributed by atoms with Gasteiger partial charge in [0.2, 0.25) is 0 Å². The third-order valence-electron chi connectivity index (χ3n) is 2.81. The van der Waals surface area contributed by atoms with Gasteiger partial charge in [-0.25, -0.2) is 4.79 Å². The highest BCUT2D eigenvalue weighted by molar-refractivity contribution is 9.09. The SMILES string of the molecule is CCC1(C)NC(=O)N(CC(C)CBr)C1=O. The molecule has 1 fully saturated rings. The highest BCUT2D eigenvalue weighted by Gasteiger charge is 2.46. The molecule has 1 N–H and O–H groups in total. The number of hydrogen-bond acceptors (Lipinski definition) is 2. The number of nitrogens with one attached hydrogen (secondary N) is 1. The number of alkyl halides is 1. The maximum Gasteiger partial charge on any atom is 0.325 e. The van der Waals surface area contributed by atoms with Gasteiger partial charge in [0.15, 0.2) is 0 Å². The van der Waals surface area contributed by atoms with E-state index >= 15 is 0 Å². The van der Waals surface area contributed by atoms with Crippen LogP contribution in [0.3, 0.4) is 0 Å². The van der Waals surface area contributed by atoms with Gasteiger partial charge in [-0.1, -0.05) is 29.8 Å². The molecule has 0 aliphatic carbocycles. The Morgan fingerprint density at radius 3 is 2.53 bits per heavy atom. The first kappa shape index (κ1) is 12.5. The van der Waals surface area contributed by atoms with Gasteiger partial charge in [0.25, 0.3) is 5.91 Å². The predicted molar refractivity (Wildman–Crippen MR) is 61.9 cm³/mol. The Labute approximate surface area is 98.5 Å². The molecule has 0 radical (unpaired) electrons. The van der Waals surface area contributed by atoms with E-state index in [0.29, 0.717) is 13.0 Å². The number of imide groups is 1. The van der Waals surface area contributed by atoms with Crippen LogP contribution in [-0.2, 0) is 4.79 Å². The van der Waals surface area contributed by atoms with Gasteiger partial charge < -0.3 is 5.32 Å². The minimum absolute atomic E-state index is 0.109. The fourth-order valence-electron chi connectivity index (χ4n) is 1.51. The zero-order valence-corrected chi connectivity index (χ0v) is 10.9. The number of amides is 3. The largest absolute Gasteiger partial charge is 0.325 e. The summed E-state index contributed by atoms with van der Waals surface area (Å²) in [6.45, 7) is 6.14. The molecule has 1 heterocycles. The van der Waals surface area contributed by atoms with E-state index in [1.807, 2.05) is 13.8 Å². The average molecular weight is 277 g/mol. The number of halogens is 1. The van der Waals surface area contributed by atoms with Gasteiger partial charge in [0, 0.05) is 11.9 Å². The Morgan fingerprint density at radius 2 is 2.13 bits per heavy atom. The van der Waals surface area contributed by atoms with Crippen LogP contribution in [0.5, 0.6) is 0 Å². The summed E-state index contributed by atoms with van der Waals surface area (Å²) in [7, 11) is 0. The number of carbonyl (C=O) groups is 2. The van der Waals surface area contributed by atoms with Crippen LogP contribution >= 0.6 is 15.9 Å². The molecule has 0 aromatic rings. The van der Waals surface area contributed by atoms with Crippen molar-refractivity contribution in [3.8, 4) is 0 Å². The van der Waals surface area contributed by atoms with E-state index in [0.717, 1.165) is 5.33 Å². The van der Waals surface area contributed by atoms with E-state index in [9.17, 15) is 9.59 Å². The number of rotatable bonds is 4. The first-order chi connectivity index (χ1) is 6.94. The van der Waals surface area contributed by atoms with Gasteiger partial charge in [-0.3, -0.25) is 9.69 Å². The summed E-state index contributed by atoms with van der Waals surface area (Å²) in [4.78, 5) is 24.9. The number of urea groups is 1. The van der Waals surface area contributed by atoms with Crippen molar-refractivity contribution in [3.05, 3.63) is 0 Å². The third kappa shape index (κ3) is 2.33. The minimum atomic E-state index is -0.705. The Bertz CT molecular complexity index is 283. The molecule has 0 aromatic heterocycles. The van der Waals surface area contributed by atoms with Crippen molar-refractivity contribution in [1.29, 1.82) is 0 Å². The van der Waals surface area contributed by atoms with Gasteiger partial charge >= 0.3 is 6.03 Å². The molecule has 0 spiro atoms. The second kappa shape index (κ2) is 4.51. The Kier molecular flexibility index (Phi) is 3.76. The van der Waals surface area contributed by atoms with Gasteiger partial charge in [-0.15, -0.1) is 0 Å². The molecule has 0 aromatic carbocycles. The summed E-state index contributed by atoms with van der Waals surface area (Å²) in [5, 5.41) is 3.52. The summed E-state index contributed by atoms with van der Waals surface area (Å²) < 4.78 is 0. The molecule has 2 atom stereocenters. The quantitative estimate of drug-likeness (QED) is 0.628. The van der Waals surface area contributed by atoms with Gasteiger partial charge in [-0.2, -0.15) is 0 Å². The number of carbonyl (C=O) groups excluding carboxylic acids is 2. The zero-order chi connectivity index (χ0) is 11.6. The van der Waals surface area contributed by atoms with Crippen molar-refractivity contribution in [2.24, 2.45) is 5.92 Å². The van der Waals surface area contributed by atoms with Gasteiger partial charge in [0.1, 0.15) is 5.54 Å². The molecule has 1 aliphatic heterocycles. The monoisotopic (exact) mass is 276 g/mol. The van der Waals surface area contributed by atoms with Gasteiger partial charge in [-0.05, 0) is 19.3 Å². The van der Waals surface area contributed by atoms with E-state index < -0.39 is 5.54 Å². The normalized spacial score (nSPS) is 28.1. The smallest absolute Gasteiger partial charge is 0.323 e. The lowest BCUT2D eigenvalue weighted by molar-refractivity contribution is -0.131. The third-order valence-corrected chi connectivity index (χ3v) is 3.92. The van der Waals surface area contributed by atoms with Crippen LogP contribution in [0.15, 0.2) is 0 Å². The average Bonchev–Trinajstić information content (AvgIpc) is 2.42. The molecular formula is C10H17BrN2O2. The van der Waals surface area contributed by atoms with Gasteiger partial charge in [0.05, 0.1) is 0 Å². The first-order valence-corrected chi connectivity index (χ1v) is 6.26. The van der Waals surface area contributed by atoms with Crippen LogP contribution in [0, 0.1) is 5.92 Å². The Hall–Kier alpha value is -0.580. The fraction of sp³-hybridized carbons (Fsp3) is 0.800. The molecule has 0 saturated carbocycles. The molecule has 1 aliphatic rings. The van der Waals surface area contributed by atoms with Crippen molar-refractivity contribution in [1.82, 2.24) is 10.2 Å². The lowest BCUT2D eigenvalue weighted by atomic mass is 9.99. The highest BCUT2D eigenvalue weighted by atomic mass is 79.9. The maximum atomic E-state index is 11.9. The van der Waals surface area contributed by atoms with Crippen LogP contribution < -0.4 is 5.32 Å². The predicted octanol–water partition coefficient (Wildman–Crippen LogP) is 1.74. The zero-order valence-electron chi connectivity index (χ0n) is 9.34. The molecule has 4 nitrogen and oxygen atoms in total. The van der Waals surface area contributed by atoms with Crippen molar-refractivity contribution >= 4 is 27.9 Å². The van der Waals surface area contributed by atoms with E-state index in [4.69, 9.17) is 0 Å². The standard InChI is InChI=1S/C10H17BrN2O2/c1-4-10(3)8(14)13(9(15)12-10)6-7(2)5-11/h7H,4-6H2,1-3H3,(H,12,15). The van der Waals surface area contributed by atoms with Crippen molar-refractivity contribution < 1.29 is 9.59 Å². The van der Waals surface area contributed by atoms with E-state index in [2.05, 4.69) is 21.2 Å². The molecule has 15 heavy (non-hydrogen) atoms. The van der Waals surface area contributed by atoms with Crippen LogP contribution in [0.1, 0.15) is 27.2 Å². The maximum absolute atomic E-state index is 11.9. The minimum Gasteiger partial charge on any atom is -0.323 e. The van der Waals surface area contributed by atoms with E-state index in [1.54, 1.807) is 6.92 Å². The summed E-state index contributed by atoms with van der Waals surface area (Å²) in [6.07, 6.45) is 0.622. The van der Waals surface area contributed by atoms with Crippen LogP contribution in [0.25, 0.3) is 0 Å². The lowest BCUT2D eigenvalue weighted by Gasteiger charge is -2.20. The summed E-state index contributed by atoms with van der Waals surface area (Å²) in [5.41, 5.74) is -0.705. The Morgan fingerprint density at radius 1 is 1.53 bits per heavy atom. The topological polar surface area (TPSA) is 49.4 Å². The molecule has 1 saturated heterocycles. The number of hydrogen-bond donors (Lipinski definition) is 1. The molecule has 0 bridgehead atoms. The molecule has 2 unspecified atom stereocenters. The molecule has 3 amide bonds. The molecular weight excluding hydrogens is 260 g/mol. The van der Waals surface area contributed by atoms with E-state index in [-0.39, 0.29) is 17.9 Å². The lowest BCUT2D eigenvalue weighted by Crippen LogP contribution is -2.43. The fourth-order valence-corrected chi connectivity index (χ4v) is 1.72. The van der Waals surface area contributed by atoms with Crippen molar-refractivity contribution in [2.75, 3.05) is 11.9 Å². The van der Waals surface area contributed by atoms with Crippen molar-refractivity contribution in [2.45, 2.75) is 32.7 Å². The van der Waals surface area contributed by atoms with Crippen LogP contribution in [0.4, 0.5) is 4.79 Å². The summed E-state index contributed by atoms with van der Waals surface area (Å²) in [5.74, 6) is 0.168. The Balaban J connectivity index is 2.76.